The molecule has 1 fully saturated rings. The van der Waals surface area contributed by atoms with Crippen LogP contribution in [0.15, 0.2) is 18.3 Å². The molecule has 1 aromatic rings. The summed E-state index contributed by atoms with van der Waals surface area (Å²) < 4.78 is 0. The van der Waals surface area contributed by atoms with Crippen molar-refractivity contribution >= 4 is 17.6 Å². The molecule has 2 N–H and O–H groups in total. The summed E-state index contributed by atoms with van der Waals surface area (Å²) in [6, 6.07) is 3.08. The quantitative estimate of drug-likeness (QED) is 0.770. The lowest BCUT2D eigenvalue weighted by atomic mass is 10.1. The van der Waals surface area contributed by atoms with Gasteiger partial charge >= 0.3 is 0 Å². The lowest BCUT2D eigenvalue weighted by Crippen LogP contribution is -2.58. The number of hydrogen-bond donors (Lipinski definition) is 2. The van der Waals surface area contributed by atoms with Gasteiger partial charge in [-0.3, -0.25) is 14.9 Å². The van der Waals surface area contributed by atoms with Crippen molar-refractivity contribution in [3.05, 3.63) is 23.9 Å². The summed E-state index contributed by atoms with van der Waals surface area (Å²) in [5.74, 6) is -0.0456. The van der Waals surface area contributed by atoms with Crippen LogP contribution in [0.25, 0.3) is 0 Å². The number of anilines is 1. The van der Waals surface area contributed by atoms with E-state index in [2.05, 4.69) is 10.3 Å². The Morgan fingerprint density at radius 2 is 2.26 bits per heavy atom. The summed E-state index contributed by atoms with van der Waals surface area (Å²) in [5, 5.41) is 11.8. The van der Waals surface area contributed by atoms with Gasteiger partial charge in [-0.15, -0.1) is 0 Å². The van der Waals surface area contributed by atoms with Crippen LogP contribution < -0.4 is 10.2 Å². The van der Waals surface area contributed by atoms with E-state index in [1.165, 1.54) is 0 Å². The number of hydrogen-bond acceptors (Lipinski definition) is 5. The van der Waals surface area contributed by atoms with E-state index in [1.807, 2.05) is 6.92 Å². The molecule has 0 spiro atoms. The second-order valence-electron chi connectivity index (χ2n) is 4.59. The molecule has 0 aromatic carbocycles. The van der Waals surface area contributed by atoms with Crippen LogP contribution in [-0.4, -0.2) is 34.5 Å². The lowest BCUT2D eigenvalue weighted by Gasteiger charge is -2.34. The third-order valence-electron chi connectivity index (χ3n) is 3.19. The molecule has 102 valence electrons. The zero-order chi connectivity index (χ0) is 14.0. The van der Waals surface area contributed by atoms with E-state index in [4.69, 9.17) is 0 Å². The van der Waals surface area contributed by atoms with Gasteiger partial charge < -0.3 is 10.0 Å². The number of nitrogens with one attached hydrogen (secondary N) is 1. The topological polar surface area (TPSA) is 82.5 Å². The van der Waals surface area contributed by atoms with Crippen LogP contribution in [-0.2, 0) is 9.59 Å². The average molecular weight is 263 g/mol. The Bertz CT molecular complexity index is 484. The monoisotopic (exact) mass is 263 g/mol. The summed E-state index contributed by atoms with van der Waals surface area (Å²) in [4.78, 5) is 29.1. The minimum atomic E-state index is -0.588. The zero-order valence-corrected chi connectivity index (χ0v) is 11.0. The molecule has 0 bridgehead atoms. The van der Waals surface area contributed by atoms with Crippen molar-refractivity contribution in [3.8, 4) is 0 Å². The Morgan fingerprint density at radius 1 is 1.53 bits per heavy atom. The standard InChI is InChI=1S/C13H17N3O3/c1-3-10-13(19)15-12(18)7-16(10)11-5-4-9(6-14-11)8(2)17/h4-6,8,10,17H,3,7H2,1-2H3,(H,15,18,19). The summed E-state index contributed by atoms with van der Waals surface area (Å²) in [5.41, 5.74) is 0.699. The molecule has 1 aliphatic rings. The number of rotatable bonds is 3. The van der Waals surface area contributed by atoms with E-state index in [0.29, 0.717) is 17.8 Å². The van der Waals surface area contributed by atoms with E-state index in [1.54, 1.807) is 30.2 Å². The number of carbonyl (C=O) groups is 2. The third kappa shape index (κ3) is 2.73. The minimum absolute atomic E-state index is 0.116. The molecule has 2 rings (SSSR count). The predicted molar refractivity (Wildman–Crippen MR) is 69.4 cm³/mol. The Hall–Kier alpha value is -1.95. The van der Waals surface area contributed by atoms with Gasteiger partial charge in [0, 0.05) is 6.20 Å². The summed E-state index contributed by atoms with van der Waals surface area (Å²) in [6.07, 6.45) is 1.57. The fourth-order valence-corrected chi connectivity index (χ4v) is 2.13. The second kappa shape index (κ2) is 5.36. The molecule has 19 heavy (non-hydrogen) atoms. The van der Waals surface area contributed by atoms with Crippen LogP contribution in [0.2, 0.25) is 0 Å². The Balaban J connectivity index is 2.27. The summed E-state index contributed by atoms with van der Waals surface area (Å²) in [7, 11) is 0. The molecular weight excluding hydrogens is 246 g/mol. The van der Waals surface area contributed by atoms with Gasteiger partial charge in [0.25, 0.3) is 0 Å². The van der Waals surface area contributed by atoms with E-state index >= 15 is 0 Å². The molecule has 2 amide bonds. The van der Waals surface area contributed by atoms with Crippen molar-refractivity contribution in [1.82, 2.24) is 10.3 Å². The largest absolute Gasteiger partial charge is 0.389 e. The molecule has 2 heterocycles. The maximum absolute atomic E-state index is 11.8. The van der Waals surface area contributed by atoms with Gasteiger partial charge in [-0.05, 0) is 25.0 Å². The van der Waals surface area contributed by atoms with Crippen molar-refractivity contribution in [3.63, 3.8) is 0 Å². The SMILES string of the molecule is CCC1C(=O)NC(=O)CN1c1ccc(C(C)O)cn1. The molecule has 1 saturated heterocycles. The number of nitrogens with zero attached hydrogens (tertiary/aromatic N) is 2. The normalized spacial score (nSPS) is 21.2. The highest BCUT2D eigenvalue weighted by atomic mass is 16.3. The van der Waals surface area contributed by atoms with Crippen molar-refractivity contribution in [2.75, 3.05) is 11.4 Å². The molecule has 6 nitrogen and oxygen atoms in total. The third-order valence-corrected chi connectivity index (χ3v) is 3.19. The van der Waals surface area contributed by atoms with Crippen molar-refractivity contribution in [2.24, 2.45) is 0 Å². The first-order chi connectivity index (χ1) is 9.02. The fraction of sp³-hybridized carbons (Fsp3) is 0.462. The first kappa shape index (κ1) is 13.5. The molecule has 6 heteroatoms. The van der Waals surface area contributed by atoms with E-state index < -0.39 is 6.10 Å². The van der Waals surface area contributed by atoms with Gasteiger partial charge in [0.2, 0.25) is 11.8 Å². The number of aromatic nitrogens is 1. The molecule has 1 aliphatic heterocycles. The number of amides is 2. The van der Waals surface area contributed by atoms with Crippen LogP contribution in [0.1, 0.15) is 31.9 Å². The smallest absolute Gasteiger partial charge is 0.249 e. The summed E-state index contributed by atoms with van der Waals surface area (Å²) >= 11 is 0. The molecule has 1 aromatic heterocycles. The molecule has 2 atom stereocenters. The van der Waals surface area contributed by atoms with Gasteiger partial charge in [0.15, 0.2) is 0 Å². The van der Waals surface area contributed by atoms with Crippen LogP contribution in [0.4, 0.5) is 5.82 Å². The highest BCUT2D eigenvalue weighted by Crippen LogP contribution is 2.20. The number of pyridine rings is 1. The van der Waals surface area contributed by atoms with Gasteiger partial charge in [-0.1, -0.05) is 13.0 Å². The highest BCUT2D eigenvalue weighted by molar-refractivity contribution is 6.04. The minimum Gasteiger partial charge on any atom is -0.389 e. The van der Waals surface area contributed by atoms with E-state index in [0.717, 1.165) is 0 Å². The maximum atomic E-state index is 11.8. The van der Waals surface area contributed by atoms with Gasteiger partial charge in [0.05, 0.1) is 12.6 Å². The Labute approximate surface area is 111 Å². The van der Waals surface area contributed by atoms with Crippen LogP contribution in [0, 0.1) is 0 Å². The zero-order valence-electron chi connectivity index (χ0n) is 11.0. The van der Waals surface area contributed by atoms with Crippen LogP contribution in [0.3, 0.4) is 0 Å². The Kier molecular flexibility index (Phi) is 3.80. The van der Waals surface area contributed by atoms with Gasteiger partial charge in [0.1, 0.15) is 11.9 Å². The highest BCUT2D eigenvalue weighted by Gasteiger charge is 2.33. The van der Waals surface area contributed by atoms with E-state index in [-0.39, 0.29) is 24.4 Å². The second-order valence-corrected chi connectivity index (χ2v) is 4.59. The van der Waals surface area contributed by atoms with E-state index in [9.17, 15) is 14.7 Å². The molecule has 0 saturated carbocycles. The number of carbonyl (C=O) groups excluding carboxylic acids is 2. The van der Waals surface area contributed by atoms with Crippen LogP contribution >= 0.6 is 0 Å². The van der Waals surface area contributed by atoms with Crippen molar-refractivity contribution in [1.29, 1.82) is 0 Å². The number of aliphatic hydroxyl groups excluding tert-OH is 1. The van der Waals surface area contributed by atoms with Gasteiger partial charge in [-0.2, -0.15) is 0 Å². The van der Waals surface area contributed by atoms with Crippen LogP contribution in [0.5, 0.6) is 0 Å². The lowest BCUT2D eigenvalue weighted by molar-refractivity contribution is -0.132. The first-order valence-electron chi connectivity index (χ1n) is 6.27. The number of aliphatic hydroxyl groups is 1. The fourth-order valence-electron chi connectivity index (χ4n) is 2.13. The summed E-state index contributed by atoms with van der Waals surface area (Å²) in [6.45, 7) is 3.66. The van der Waals surface area contributed by atoms with Crippen molar-refractivity contribution < 1.29 is 14.7 Å². The first-order valence-corrected chi connectivity index (χ1v) is 6.27. The molecular formula is C13H17N3O3. The maximum Gasteiger partial charge on any atom is 0.249 e. The average Bonchev–Trinajstić information content (AvgIpc) is 2.38. The molecule has 0 aliphatic carbocycles. The number of imide groups is 1. The molecule has 2 unspecified atom stereocenters. The van der Waals surface area contributed by atoms with Gasteiger partial charge in [-0.25, -0.2) is 4.98 Å². The Morgan fingerprint density at radius 3 is 2.79 bits per heavy atom. The number of piperazine rings is 1. The van der Waals surface area contributed by atoms with Crippen molar-refractivity contribution in [2.45, 2.75) is 32.4 Å². The molecule has 0 radical (unpaired) electrons. The predicted octanol–water partition coefficient (Wildman–Crippen LogP) is 0.376.